The van der Waals surface area contributed by atoms with Gasteiger partial charge in [-0.2, -0.15) is 0 Å². The zero-order valence-electron chi connectivity index (χ0n) is 37.6. The smallest absolute Gasteiger partial charge is 0.306 e. The van der Waals surface area contributed by atoms with Gasteiger partial charge in [-0.1, -0.05) is 191 Å². The van der Waals surface area contributed by atoms with Crippen molar-refractivity contribution in [3.63, 3.8) is 0 Å². The van der Waals surface area contributed by atoms with E-state index in [1.54, 1.807) is 0 Å². The second-order valence-corrected chi connectivity index (χ2v) is 16.0. The number of esters is 3. The van der Waals surface area contributed by atoms with E-state index in [-0.39, 0.29) is 37.5 Å². The van der Waals surface area contributed by atoms with E-state index in [1.165, 1.54) is 122 Å². The van der Waals surface area contributed by atoms with E-state index >= 15 is 0 Å². The lowest BCUT2D eigenvalue weighted by atomic mass is 10.1. The van der Waals surface area contributed by atoms with Crippen molar-refractivity contribution in [3.05, 3.63) is 48.6 Å². The van der Waals surface area contributed by atoms with Gasteiger partial charge in [0, 0.05) is 19.3 Å². The Hall–Kier alpha value is -2.63. The summed E-state index contributed by atoms with van der Waals surface area (Å²) < 4.78 is 16.7. The number of unbranched alkanes of at least 4 members (excludes halogenated alkanes) is 24. The van der Waals surface area contributed by atoms with Crippen molar-refractivity contribution in [2.75, 3.05) is 13.2 Å². The van der Waals surface area contributed by atoms with Gasteiger partial charge in [0.25, 0.3) is 0 Å². The molecule has 0 bridgehead atoms. The molecule has 0 aromatic rings. The van der Waals surface area contributed by atoms with Crippen molar-refractivity contribution in [3.8, 4) is 0 Å². The van der Waals surface area contributed by atoms with Gasteiger partial charge in [-0.3, -0.25) is 14.4 Å². The summed E-state index contributed by atoms with van der Waals surface area (Å²) in [7, 11) is 0. The van der Waals surface area contributed by atoms with Crippen LogP contribution in [0.4, 0.5) is 0 Å². The molecule has 0 rings (SSSR count). The van der Waals surface area contributed by atoms with Crippen LogP contribution in [0.1, 0.15) is 239 Å². The molecule has 0 amide bonds. The molecule has 6 heteroatoms. The Morgan fingerprint density at radius 1 is 0.351 bits per heavy atom. The van der Waals surface area contributed by atoms with Crippen LogP contribution in [0.15, 0.2) is 48.6 Å². The Morgan fingerprint density at radius 2 is 0.649 bits per heavy atom. The van der Waals surface area contributed by atoms with Crippen LogP contribution in [0.5, 0.6) is 0 Å². The van der Waals surface area contributed by atoms with Crippen molar-refractivity contribution in [1.82, 2.24) is 0 Å². The van der Waals surface area contributed by atoms with Gasteiger partial charge in [0.2, 0.25) is 0 Å². The van der Waals surface area contributed by atoms with Gasteiger partial charge >= 0.3 is 17.9 Å². The molecule has 0 aromatic heterocycles. The lowest BCUT2D eigenvalue weighted by Crippen LogP contribution is -2.30. The largest absolute Gasteiger partial charge is 0.462 e. The monoisotopic (exact) mass is 799 g/mol. The van der Waals surface area contributed by atoms with Crippen molar-refractivity contribution in [2.45, 2.75) is 245 Å². The molecule has 0 aliphatic carbocycles. The maximum Gasteiger partial charge on any atom is 0.306 e. The maximum atomic E-state index is 12.7. The van der Waals surface area contributed by atoms with Crippen LogP contribution < -0.4 is 0 Å². The van der Waals surface area contributed by atoms with Gasteiger partial charge in [-0.15, -0.1) is 0 Å². The van der Waals surface area contributed by atoms with Crippen LogP contribution in [-0.4, -0.2) is 37.2 Å². The van der Waals surface area contributed by atoms with E-state index in [1.807, 2.05) is 0 Å². The number of hydrogen-bond acceptors (Lipinski definition) is 6. The summed E-state index contributed by atoms with van der Waals surface area (Å²) in [6, 6.07) is 0. The first kappa shape index (κ1) is 54.4. The summed E-state index contributed by atoms with van der Waals surface area (Å²) in [4.78, 5) is 37.7. The standard InChI is InChI=1S/C51H90O6/c1-4-7-10-13-16-19-21-23-24-25-26-28-29-32-35-38-41-44-50(53)56-47-48(46-55-49(52)43-40-37-34-31-18-15-12-9-6-3)57-51(54)45-42-39-36-33-30-27-22-20-17-14-11-8-5-2/h23-24,26-28,30,32,35,48H,4-22,25,29,31,33-34,36-47H2,1-3H3/b24-23-,28-26-,30-27-,35-32-. The normalized spacial score (nSPS) is 12.4. The zero-order chi connectivity index (χ0) is 41.5. The van der Waals surface area contributed by atoms with E-state index in [4.69, 9.17) is 14.2 Å². The lowest BCUT2D eigenvalue weighted by molar-refractivity contribution is -0.167. The first-order chi connectivity index (χ1) is 28.0. The zero-order valence-corrected chi connectivity index (χ0v) is 37.6. The second-order valence-electron chi connectivity index (χ2n) is 16.0. The second kappa shape index (κ2) is 46.1. The molecule has 57 heavy (non-hydrogen) atoms. The van der Waals surface area contributed by atoms with Gasteiger partial charge in [-0.05, 0) is 77.0 Å². The van der Waals surface area contributed by atoms with Crippen LogP contribution in [0.25, 0.3) is 0 Å². The molecule has 0 N–H and O–H groups in total. The molecule has 0 radical (unpaired) electrons. The highest BCUT2D eigenvalue weighted by atomic mass is 16.6. The van der Waals surface area contributed by atoms with Crippen LogP contribution in [-0.2, 0) is 28.6 Å². The van der Waals surface area contributed by atoms with E-state index in [0.29, 0.717) is 19.3 Å². The molecule has 330 valence electrons. The third-order valence-corrected chi connectivity index (χ3v) is 10.3. The highest BCUT2D eigenvalue weighted by Crippen LogP contribution is 2.13. The molecule has 1 unspecified atom stereocenters. The first-order valence-corrected chi connectivity index (χ1v) is 24.1. The van der Waals surface area contributed by atoms with E-state index < -0.39 is 6.10 Å². The highest BCUT2D eigenvalue weighted by Gasteiger charge is 2.19. The molecule has 1 atom stereocenters. The van der Waals surface area contributed by atoms with Crippen LogP contribution in [0.3, 0.4) is 0 Å². The average molecular weight is 799 g/mol. The molecule has 0 aliphatic rings. The Labute approximate surface area is 352 Å². The minimum absolute atomic E-state index is 0.0934. The number of allylic oxidation sites excluding steroid dienone is 8. The molecule has 0 heterocycles. The number of ether oxygens (including phenoxy) is 3. The summed E-state index contributed by atoms with van der Waals surface area (Å²) in [6.07, 6.45) is 53.9. The first-order valence-electron chi connectivity index (χ1n) is 24.1. The highest BCUT2D eigenvalue weighted by molar-refractivity contribution is 5.71. The summed E-state index contributed by atoms with van der Waals surface area (Å²) >= 11 is 0. The predicted molar refractivity (Wildman–Crippen MR) is 242 cm³/mol. The summed E-state index contributed by atoms with van der Waals surface area (Å²) in [6.45, 7) is 6.54. The van der Waals surface area contributed by atoms with Crippen molar-refractivity contribution >= 4 is 17.9 Å². The van der Waals surface area contributed by atoms with Crippen molar-refractivity contribution in [2.24, 2.45) is 0 Å². The molecule has 0 saturated heterocycles. The minimum atomic E-state index is -0.796. The molecule has 0 spiro atoms. The summed E-state index contributed by atoms with van der Waals surface area (Å²) in [5, 5.41) is 0. The lowest BCUT2D eigenvalue weighted by Gasteiger charge is -2.18. The summed E-state index contributed by atoms with van der Waals surface area (Å²) in [5.41, 5.74) is 0. The molecular formula is C51H90O6. The Kier molecular flexibility index (Phi) is 43.9. The fourth-order valence-corrected chi connectivity index (χ4v) is 6.63. The summed E-state index contributed by atoms with van der Waals surface area (Å²) in [5.74, 6) is -0.966. The number of rotatable bonds is 43. The molecule has 0 fully saturated rings. The number of carbonyl (C=O) groups is 3. The molecule has 0 aromatic carbocycles. The van der Waals surface area contributed by atoms with Gasteiger partial charge in [0.05, 0.1) is 0 Å². The quantitative estimate of drug-likeness (QED) is 0.0265. The Balaban J connectivity index is 4.43. The maximum absolute atomic E-state index is 12.7. The van der Waals surface area contributed by atoms with Gasteiger partial charge in [0.1, 0.15) is 13.2 Å². The molecule has 0 aliphatic heterocycles. The topological polar surface area (TPSA) is 78.9 Å². The predicted octanol–water partition coefficient (Wildman–Crippen LogP) is 15.5. The van der Waals surface area contributed by atoms with E-state index in [0.717, 1.165) is 70.6 Å². The number of hydrogen-bond donors (Lipinski definition) is 0. The molecule has 6 nitrogen and oxygen atoms in total. The van der Waals surface area contributed by atoms with Crippen molar-refractivity contribution < 1.29 is 28.6 Å². The van der Waals surface area contributed by atoms with Crippen LogP contribution in [0, 0.1) is 0 Å². The van der Waals surface area contributed by atoms with Crippen LogP contribution >= 0.6 is 0 Å². The third kappa shape index (κ3) is 44.3. The molecule has 0 saturated carbocycles. The fraction of sp³-hybridized carbons (Fsp3) is 0.784. The fourth-order valence-electron chi connectivity index (χ4n) is 6.63. The van der Waals surface area contributed by atoms with Gasteiger partial charge in [0.15, 0.2) is 6.10 Å². The van der Waals surface area contributed by atoms with Gasteiger partial charge < -0.3 is 14.2 Å². The van der Waals surface area contributed by atoms with E-state index in [9.17, 15) is 14.4 Å². The Bertz CT molecular complexity index is 1010. The van der Waals surface area contributed by atoms with E-state index in [2.05, 4.69) is 69.4 Å². The van der Waals surface area contributed by atoms with Crippen LogP contribution in [0.2, 0.25) is 0 Å². The Morgan fingerprint density at radius 3 is 1.09 bits per heavy atom. The number of carbonyl (C=O) groups excluding carboxylic acids is 3. The SMILES string of the molecule is CCCCCCCC/C=C\C/C=C\C/C=C\CCCC(=O)OCC(COC(=O)CCCCCCCCCCC)OC(=O)CCCCC/C=C\CCCCCCCC. The van der Waals surface area contributed by atoms with Gasteiger partial charge in [-0.25, -0.2) is 0 Å². The van der Waals surface area contributed by atoms with Crippen molar-refractivity contribution in [1.29, 1.82) is 0 Å². The average Bonchev–Trinajstić information content (AvgIpc) is 3.21. The minimum Gasteiger partial charge on any atom is -0.462 e. The third-order valence-electron chi connectivity index (χ3n) is 10.3. The molecular weight excluding hydrogens is 709 g/mol.